The predicted octanol–water partition coefficient (Wildman–Crippen LogP) is 6.24. The van der Waals surface area contributed by atoms with Crippen LogP contribution in [0, 0.1) is 0 Å². The van der Waals surface area contributed by atoms with Gasteiger partial charge in [-0.3, -0.25) is 9.47 Å². The Morgan fingerprint density at radius 2 is 1.80 bits per heavy atom. The van der Waals surface area contributed by atoms with Crippen molar-refractivity contribution in [2.24, 2.45) is 0 Å². The van der Waals surface area contributed by atoms with E-state index >= 15 is 0 Å². The number of aromatic nitrogens is 4. The lowest BCUT2D eigenvalue weighted by Crippen LogP contribution is -2.60. The number of pyridine rings is 1. The van der Waals surface area contributed by atoms with Crippen molar-refractivity contribution >= 4 is 6.09 Å². The molecule has 1 saturated carbocycles. The second-order valence-electron chi connectivity index (χ2n) is 11.7. The topological polar surface area (TPSA) is 103 Å². The number of hydrogen-bond donors (Lipinski definition) is 1. The van der Waals surface area contributed by atoms with Gasteiger partial charge in [-0.25, -0.2) is 9.78 Å². The minimum absolute atomic E-state index is 0.281. The Kier molecular flexibility index (Phi) is 6.77. The highest BCUT2D eigenvalue weighted by atomic mass is 16.5. The molecule has 9 heteroatoms. The summed E-state index contributed by atoms with van der Waals surface area (Å²) < 4.78 is 13.4. The summed E-state index contributed by atoms with van der Waals surface area (Å²) in [5.41, 5.74) is 4.48. The summed E-state index contributed by atoms with van der Waals surface area (Å²) in [4.78, 5) is 19.1. The number of nitrogens with zero attached hydrogens (tertiary/aromatic N) is 5. The molecule has 0 saturated heterocycles. The maximum Gasteiger partial charge on any atom is 0.408 e. The minimum atomic E-state index is -0.889. The molecule has 1 amide bonds. The van der Waals surface area contributed by atoms with Gasteiger partial charge in [-0.2, -0.15) is 0 Å². The third-order valence-electron chi connectivity index (χ3n) is 8.13. The Labute approximate surface area is 239 Å². The van der Waals surface area contributed by atoms with Crippen LogP contribution in [-0.4, -0.2) is 55.1 Å². The molecule has 2 aromatic heterocycles. The number of methoxy groups -OCH3 is 1. The van der Waals surface area contributed by atoms with Gasteiger partial charge in [0, 0.05) is 30.2 Å². The molecule has 2 aliphatic rings. The van der Waals surface area contributed by atoms with Crippen LogP contribution in [0.25, 0.3) is 28.1 Å². The number of benzene rings is 2. The largest absolute Gasteiger partial charge is 0.468 e. The zero-order chi connectivity index (χ0) is 28.8. The zero-order valence-corrected chi connectivity index (χ0v) is 23.9. The SMILES string of the molecule is COCCc1nnc2n1-c1cc(-c3ccccc3)c(-c3ccc(C4(N(C(=O)O)C(C)(C)C)CCC4)cc3)nc1OC2. The fraction of sp³-hybridized carbons (Fsp3) is 0.375. The zero-order valence-electron chi connectivity index (χ0n) is 23.9. The lowest BCUT2D eigenvalue weighted by Gasteiger charge is -2.54. The Morgan fingerprint density at radius 3 is 2.41 bits per heavy atom. The van der Waals surface area contributed by atoms with Crippen LogP contribution in [0.3, 0.4) is 0 Å². The standard InChI is InChI=1S/C32H35N5O4/c1-31(2,3)37(30(38)39)32(16-8-17-32)23-13-11-22(12-14-23)28-24(21-9-6-5-7-10-21)19-25-29(33-28)41-20-27-35-34-26(36(25)27)15-18-40-4/h5-7,9-14,19H,8,15-18,20H2,1-4H3,(H,38,39). The molecule has 1 aliphatic carbocycles. The van der Waals surface area contributed by atoms with Crippen molar-refractivity contribution in [3.63, 3.8) is 0 Å². The molecule has 1 fully saturated rings. The molecule has 9 nitrogen and oxygen atoms in total. The molecule has 0 bridgehead atoms. The van der Waals surface area contributed by atoms with Crippen molar-refractivity contribution in [3.8, 4) is 34.0 Å². The van der Waals surface area contributed by atoms with Crippen molar-refractivity contribution in [3.05, 3.63) is 77.9 Å². The average Bonchev–Trinajstić information content (AvgIpc) is 3.36. The van der Waals surface area contributed by atoms with Gasteiger partial charge in [0.05, 0.1) is 17.8 Å². The number of rotatable bonds is 7. The van der Waals surface area contributed by atoms with Gasteiger partial charge in [-0.15, -0.1) is 10.2 Å². The molecule has 4 aromatic rings. The van der Waals surface area contributed by atoms with Crippen molar-refractivity contribution in [2.75, 3.05) is 13.7 Å². The molecule has 0 atom stereocenters. The van der Waals surface area contributed by atoms with Crippen molar-refractivity contribution < 1.29 is 19.4 Å². The molecule has 212 valence electrons. The van der Waals surface area contributed by atoms with Gasteiger partial charge in [-0.05, 0) is 57.2 Å². The Morgan fingerprint density at radius 1 is 1.07 bits per heavy atom. The summed E-state index contributed by atoms with van der Waals surface area (Å²) in [5.74, 6) is 2.06. The number of fused-ring (bicyclic) bond motifs is 3. The second-order valence-corrected chi connectivity index (χ2v) is 11.7. The van der Waals surface area contributed by atoms with Crippen LogP contribution < -0.4 is 4.74 Å². The first-order chi connectivity index (χ1) is 19.7. The Bertz CT molecular complexity index is 1570. The van der Waals surface area contributed by atoms with Gasteiger partial charge in [0.25, 0.3) is 0 Å². The van der Waals surface area contributed by atoms with Gasteiger partial charge in [-0.1, -0.05) is 54.6 Å². The number of carboxylic acid groups (broad SMARTS) is 1. The summed E-state index contributed by atoms with van der Waals surface area (Å²) in [5, 5.41) is 18.9. The van der Waals surface area contributed by atoms with E-state index in [2.05, 4.69) is 52.7 Å². The van der Waals surface area contributed by atoms with Crippen LogP contribution in [0.2, 0.25) is 0 Å². The van der Waals surface area contributed by atoms with Crippen LogP contribution in [-0.2, 0) is 23.3 Å². The normalized spacial score (nSPS) is 15.3. The maximum atomic E-state index is 12.4. The first-order valence-corrected chi connectivity index (χ1v) is 14.0. The third kappa shape index (κ3) is 4.64. The molecule has 1 aliphatic heterocycles. The van der Waals surface area contributed by atoms with E-state index in [-0.39, 0.29) is 6.61 Å². The predicted molar refractivity (Wildman–Crippen MR) is 155 cm³/mol. The maximum absolute atomic E-state index is 12.4. The van der Waals surface area contributed by atoms with E-state index in [1.54, 1.807) is 12.0 Å². The van der Waals surface area contributed by atoms with Gasteiger partial charge in [0.15, 0.2) is 12.4 Å². The van der Waals surface area contributed by atoms with Gasteiger partial charge < -0.3 is 14.6 Å². The van der Waals surface area contributed by atoms with Crippen LogP contribution in [0.4, 0.5) is 4.79 Å². The van der Waals surface area contributed by atoms with E-state index in [4.69, 9.17) is 14.5 Å². The van der Waals surface area contributed by atoms with Crippen LogP contribution in [0.5, 0.6) is 5.88 Å². The van der Waals surface area contributed by atoms with Crippen molar-refractivity contribution in [2.45, 2.75) is 64.1 Å². The van der Waals surface area contributed by atoms with Gasteiger partial charge in [0.2, 0.25) is 5.88 Å². The summed E-state index contributed by atoms with van der Waals surface area (Å²) in [6, 6.07) is 20.5. The monoisotopic (exact) mass is 553 g/mol. The van der Waals surface area contributed by atoms with Gasteiger partial charge >= 0.3 is 6.09 Å². The molecular weight excluding hydrogens is 518 g/mol. The first kappa shape index (κ1) is 27.0. The third-order valence-corrected chi connectivity index (χ3v) is 8.13. The summed E-state index contributed by atoms with van der Waals surface area (Å²) in [6.45, 7) is 6.69. The van der Waals surface area contributed by atoms with Crippen LogP contribution in [0.15, 0.2) is 60.7 Å². The van der Waals surface area contributed by atoms with Crippen LogP contribution in [0.1, 0.15) is 57.2 Å². The highest BCUT2D eigenvalue weighted by molar-refractivity contribution is 5.83. The summed E-state index contributed by atoms with van der Waals surface area (Å²) >= 11 is 0. The van der Waals surface area contributed by atoms with Crippen LogP contribution >= 0.6 is 0 Å². The fourth-order valence-electron chi connectivity index (χ4n) is 6.23. The van der Waals surface area contributed by atoms with Crippen molar-refractivity contribution in [1.29, 1.82) is 0 Å². The number of hydrogen-bond acceptors (Lipinski definition) is 6. The number of amides is 1. The molecule has 41 heavy (non-hydrogen) atoms. The lowest BCUT2D eigenvalue weighted by atomic mass is 9.69. The number of ether oxygens (including phenoxy) is 2. The Hall–Kier alpha value is -4.24. The molecule has 3 heterocycles. The molecule has 6 rings (SSSR count). The molecule has 0 radical (unpaired) electrons. The van der Waals surface area contributed by atoms with E-state index < -0.39 is 17.2 Å². The van der Waals surface area contributed by atoms with E-state index in [1.807, 2.05) is 43.5 Å². The fourth-order valence-corrected chi connectivity index (χ4v) is 6.23. The van der Waals surface area contributed by atoms with E-state index in [0.29, 0.717) is 18.9 Å². The molecule has 1 N–H and O–H groups in total. The summed E-state index contributed by atoms with van der Waals surface area (Å²) in [6.07, 6.45) is 2.35. The first-order valence-electron chi connectivity index (χ1n) is 14.0. The smallest absolute Gasteiger partial charge is 0.408 e. The van der Waals surface area contributed by atoms with Gasteiger partial charge in [0.1, 0.15) is 11.5 Å². The van der Waals surface area contributed by atoms with E-state index in [0.717, 1.165) is 64.5 Å². The average molecular weight is 554 g/mol. The lowest BCUT2D eigenvalue weighted by molar-refractivity contribution is -0.0328. The quantitative estimate of drug-likeness (QED) is 0.289. The second kappa shape index (κ2) is 10.3. The molecular formula is C32H35N5O4. The summed E-state index contributed by atoms with van der Waals surface area (Å²) in [7, 11) is 1.67. The highest BCUT2D eigenvalue weighted by Gasteiger charge is 2.50. The Balaban J connectivity index is 1.46. The molecule has 0 unspecified atom stereocenters. The van der Waals surface area contributed by atoms with Crippen molar-refractivity contribution in [1.82, 2.24) is 24.6 Å². The molecule has 0 spiro atoms. The molecule has 2 aromatic carbocycles. The highest BCUT2D eigenvalue weighted by Crippen LogP contribution is 2.50. The minimum Gasteiger partial charge on any atom is -0.468 e. The van der Waals surface area contributed by atoms with E-state index in [9.17, 15) is 9.90 Å². The van der Waals surface area contributed by atoms with E-state index in [1.165, 1.54) is 0 Å². The number of carbonyl (C=O) groups is 1.